The first-order chi connectivity index (χ1) is 23.5. The first kappa shape index (κ1) is 39.2. The van der Waals surface area contributed by atoms with Crippen molar-refractivity contribution < 1.29 is 56.8 Å². The van der Waals surface area contributed by atoms with E-state index in [-0.39, 0.29) is 33.3 Å². The summed E-state index contributed by atoms with van der Waals surface area (Å²) in [4.78, 5) is 57.7. The van der Waals surface area contributed by atoms with Crippen molar-refractivity contribution in [3.63, 3.8) is 0 Å². The van der Waals surface area contributed by atoms with Gasteiger partial charge in [-0.1, -0.05) is 27.5 Å². The number of likely N-dealkylation sites (tertiary alicyclic amines) is 1. The van der Waals surface area contributed by atoms with Gasteiger partial charge in [-0.2, -0.15) is 13.2 Å². The number of rotatable bonds is 10. The Bertz CT molecular complexity index is 1560. The maximum atomic E-state index is 13.7. The van der Waals surface area contributed by atoms with E-state index in [0.29, 0.717) is 31.0 Å². The maximum absolute atomic E-state index is 13.7. The van der Waals surface area contributed by atoms with Crippen molar-refractivity contribution in [3.8, 4) is 5.75 Å². The van der Waals surface area contributed by atoms with Crippen LogP contribution in [0.1, 0.15) is 44.0 Å². The van der Waals surface area contributed by atoms with Crippen LogP contribution >= 0.6 is 27.5 Å². The van der Waals surface area contributed by atoms with E-state index in [1.54, 1.807) is 0 Å². The summed E-state index contributed by atoms with van der Waals surface area (Å²) in [6, 6.07) is 4.11. The predicted molar refractivity (Wildman–Crippen MR) is 175 cm³/mol. The average molecular weight is 795 g/mol. The van der Waals surface area contributed by atoms with E-state index in [1.165, 1.54) is 30.5 Å². The molecule has 2 aliphatic heterocycles. The lowest BCUT2D eigenvalue weighted by atomic mass is 9.94. The number of aliphatic hydroxyl groups is 2. The number of hydrogen-bond acceptors (Lipinski definition) is 11. The summed E-state index contributed by atoms with van der Waals surface area (Å²) in [5.74, 6) is -5.36. The Morgan fingerprint density at radius 3 is 2.40 bits per heavy atom. The van der Waals surface area contributed by atoms with Crippen LogP contribution in [0.2, 0.25) is 5.02 Å². The molecule has 2 aromatic rings. The van der Waals surface area contributed by atoms with Crippen LogP contribution in [0.25, 0.3) is 0 Å². The van der Waals surface area contributed by atoms with Gasteiger partial charge in [0.15, 0.2) is 6.10 Å². The molecule has 50 heavy (non-hydrogen) atoms. The van der Waals surface area contributed by atoms with Gasteiger partial charge in [-0.05, 0) is 64.0 Å². The number of ether oxygens (including phenoxy) is 3. The third-order valence-electron chi connectivity index (χ3n) is 8.10. The summed E-state index contributed by atoms with van der Waals surface area (Å²) in [6.07, 6.45) is -10.8. The van der Waals surface area contributed by atoms with Gasteiger partial charge in [0.1, 0.15) is 29.8 Å². The number of pyridine rings is 1. The molecule has 0 saturated carbocycles. The van der Waals surface area contributed by atoms with E-state index < -0.39 is 73.0 Å². The molecular formula is C31H36BrClF3N5O9. The van der Waals surface area contributed by atoms with E-state index in [0.717, 1.165) is 6.92 Å². The number of carbonyl (C=O) groups is 4. The fourth-order valence-corrected chi connectivity index (χ4v) is 6.08. The fraction of sp³-hybridized carbons (Fsp3) is 0.516. The highest BCUT2D eigenvalue weighted by Gasteiger charge is 2.52. The lowest BCUT2D eigenvalue weighted by Crippen LogP contribution is -2.66. The molecule has 1 aromatic carbocycles. The van der Waals surface area contributed by atoms with Crippen molar-refractivity contribution in [2.75, 3.05) is 30.3 Å². The fourth-order valence-electron chi connectivity index (χ4n) is 5.53. The highest BCUT2D eigenvalue weighted by atomic mass is 79.9. The van der Waals surface area contributed by atoms with Crippen LogP contribution in [-0.4, -0.2) is 106 Å². The van der Waals surface area contributed by atoms with Crippen molar-refractivity contribution in [1.29, 1.82) is 0 Å². The second-order valence-electron chi connectivity index (χ2n) is 12.0. The Balaban J connectivity index is 1.75. The van der Waals surface area contributed by atoms with E-state index in [2.05, 4.69) is 46.5 Å². The molecule has 5 N–H and O–H groups in total. The number of anilines is 2. The van der Waals surface area contributed by atoms with Crippen LogP contribution in [0.4, 0.5) is 24.7 Å². The highest BCUT2D eigenvalue weighted by molar-refractivity contribution is 9.10. The number of carbonyl (C=O) groups excluding carboxylic acids is 4. The molecule has 4 rings (SSSR count). The normalized spacial score (nSPS) is 23.2. The van der Waals surface area contributed by atoms with Crippen molar-refractivity contribution in [3.05, 3.63) is 45.5 Å². The van der Waals surface area contributed by atoms with Crippen LogP contribution in [0.15, 0.2) is 34.9 Å². The standard InChI is InChI=1S/C31H36BrClF3N5O9/c1-14(2)41-8-6-16(7-9-41)27(45)40-23-19(28(46)39-22-5-4-18(33)12-37-22)10-17(32)11-20(23)48-29-24(38-15(3)43)26(25(44)21(13-42)49-29)50-30(47)31(34,35)36/h4-5,10-12,14,16,21,24-26,29,42,44H,6-9,13H2,1-3H3,(H,38,43)(H,40,45)(H,37,39,46)/t21-,24-,25-,26-,29?/m1/s1. The molecule has 14 nitrogen and oxygen atoms in total. The molecule has 19 heteroatoms. The van der Waals surface area contributed by atoms with Gasteiger partial charge in [0.05, 0.1) is 22.9 Å². The van der Waals surface area contributed by atoms with Crippen molar-refractivity contribution in [2.24, 2.45) is 5.92 Å². The summed E-state index contributed by atoms with van der Waals surface area (Å²) in [7, 11) is 0. The van der Waals surface area contributed by atoms with E-state index >= 15 is 0 Å². The number of halogens is 5. The first-order valence-electron chi connectivity index (χ1n) is 15.5. The summed E-state index contributed by atoms with van der Waals surface area (Å²) in [5, 5.41) is 28.5. The lowest BCUT2D eigenvalue weighted by molar-refractivity contribution is -0.261. The molecule has 3 amide bonds. The highest BCUT2D eigenvalue weighted by Crippen LogP contribution is 2.37. The zero-order chi connectivity index (χ0) is 36.9. The van der Waals surface area contributed by atoms with Crippen LogP contribution in [-0.2, 0) is 23.9 Å². The van der Waals surface area contributed by atoms with Crippen molar-refractivity contribution in [2.45, 2.75) is 76.5 Å². The summed E-state index contributed by atoms with van der Waals surface area (Å²) in [6.45, 7) is 5.42. The Hall–Kier alpha value is -3.55. The maximum Gasteiger partial charge on any atom is 0.490 e. The summed E-state index contributed by atoms with van der Waals surface area (Å²) in [5.41, 5.74) is -0.332. The van der Waals surface area contributed by atoms with Crippen LogP contribution in [0.3, 0.4) is 0 Å². The van der Waals surface area contributed by atoms with Crippen molar-refractivity contribution in [1.82, 2.24) is 15.2 Å². The first-order valence-corrected chi connectivity index (χ1v) is 16.6. The molecule has 2 aliphatic rings. The topological polar surface area (TPSA) is 189 Å². The van der Waals surface area contributed by atoms with Crippen LogP contribution in [0, 0.1) is 5.92 Å². The Kier molecular flexibility index (Phi) is 13.1. The van der Waals surface area contributed by atoms with Crippen LogP contribution < -0.4 is 20.7 Å². The molecule has 0 spiro atoms. The van der Waals surface area contributed by atoms with Crippen molar-refractivity contribution >= 4 is 62.7 Å². The number of aliphatic hydroxyl groups excluding tert-OH is 2. The Labute approximate surface area is 298 Å². The second-order valence-corrected chi connectivity index (χ2v) is 13.3. The number of piperidine rings is 1. The van der Waals surface area contributed by atoms with Gasteiger partial charge in [-0.15, -0.1) is 0 Å². The Morgan fingerprint density at radius 1 is 1.16 bits per heavy atom. The molecule has 2 fully saturated rings. The van der Waals surface area contributed by atoms with E-state index in [9.17, 15) is 42.6 Å². The van der Waals surface area contributed by atoms with E-state index in [4.69, 9.17) is 21.1 Å². The monoisotopic (exact) mass is 793 g/mol. The van der Waals surface area contributed by atoms with Gasteiger partial charge >= 0.3 is 12.1 Å². The quantitative estimate of drug-likeness (QED) is 0.222. The third kappa shape index (κ3) is 9.82. The number of hydrogen-bond donors (Lipinski definition) is 5. The third-order valence-corrected chi connectivity index (χ3v) is 8.78. The second kappa shape index (κ2) is 16.6. The van der Waals surface area contributed by atoms with Gasteiger partial charge in [0.2, 0.25) is 18.1 Å². The number of alkyl halides is 3. The number of amides is 3. The number of aromatic nitrogens is 1. The zero-order valence-electron chi connectivity index (χ0n) is 27.0. The average Bonchev–Trinajstić information content (AvgIpc) is 3.05. The molecule has 0 bridgehead atoms. The molecule has 0 aliphatic carbocycles. The Morgan fingerprint density at radius 2 is 1.84 bits per heavy atom. The molecule has 5 atom stereocenters. The molecule has 1 unspecified atom stereocenters. The summed E-state index contributed by atoms with van der Waals surface area (Å²) >= 11 is 9.21. The zero-order valence-corrected chi connectivity index (χ0v) is 29.3. The minimum absolute atomic E-state index is 0.107. The molecule has 274 valence electrons. The van der Waals surface area contributed by atoms with Gasteiger partial charge in [-0.25, -0.2) is 9.78 Å². The minimum atomic E-state index is -5.47. The van der Waals surface area contributed by atoms with Gasteiger partial charge in [0, 0.05) is 29.6 Å². The molecule has 3 heterocycles. The number of nitrogens with zero attached hydrogens (tertiary/aromatic N) is 2. The molecular weight excluding hydrogens is 759 g/mol. The van der Waals surface area contributed by atoms with E-state index in [1.807, 2.05) is 13.8 Å². The molecule has 0 radical (unpaired) electrons. The minimum Gasteiger partial charge on any atom is -0.460 e. The van der Waals surface area contributed by atoms with Gasteiger partial charge in [0.25, 0.3) is 5.91 Å². The van der Waals surface area contributed by atoms with Gasteiger partial charge < -0.3 is 45.3 Å². The number of benzene rings is 1. The molecule has 2 saturated heterocycles. The smallest absolute Gasteiger partial charge is 0.460 e. The SMILES string of the molecule is CC(=O)N[C@H]1C(Oc2cc(Br)cc(C(=O)Nc3ccc(Cl)cn3)c2NC(=O)C2CCN(C(C)C)CC2)O[C@H](CO)[C@@H](O)[C@@H]1OC(=O)C(F)(F)F. The lowest BCUT2D eigenvalue weighted by Gasteiger charge is -2.43. The largest absolute Gasteiger partial charge is 0.490 e. The number of esters is 1. The predicted octanol–water partition coefficient (Wildman–Crippen LogP) is 3.24. The summed E-state index contributed by atoms with van der Waals surface area (Å²) < 4.78 is 56.2. The van der Waals surface area contributed by atoms with Crippen LogP contribution in [0.5, 0.6) is 5.75 Å². The molecule has 1 aromatic heterocycles. The number of nitrogens with one attached hydrogen (secondary N) is 3. The van der Waals surface area contributed by atoms with Gasteiger partial charge in [-0.3, -0.25) is 14.4 Å².